The number of carbonyl (C=O) groups excluding carboxylic acids is 1. The van der Waals surface area contributed by atoms with Crippen LogP contribution in [0, 0.1) is 0 Å². The van der Waals surface area contributed by atoms with Gasteiger partial charge in [-0.15, -0.1) is 0 Å². The first kappa shape index (κ1) is 28.1. The lowest BCUT2D eigenvalue weighted by atomic mass is 10.0. The number of carboxylic acids is 1. The number of carbonyl (C=O) groups is 2. The second-order valence-corrected chi connectivity index (χ2v) is 10.1. The van der Waals surface area contributed by atoms with Crippen molar-refractivity contribution in [2.75, 3.05) is 19.1 Å². The molecule has 212 valence electrons. The van der Waals surface area contributed by atoms with Crippen molar-refractivity contribution < 1.29 is 24.2 Å². The lowest BCUT2D eigenvalue weighted by Gasteiger charge is -2.27. The zero-order valence-electron chi connectivity index (χ0n) is 22.2. The van der Waals surface area contributed by atoms with Crippen LogP contribution in [-0.4, -0.2) is 55.3 Å². The van der Waals surface area contributed by atoms with Crippen LogP contribution in [0.25, 0.3) is 11.4 Å². The highest BCUT2D eigenvalue weighted by Crippen LogP contribution is 2.44. The molecular formula is C27H24Cl2N6O6. The van der Waals surface area contributed by atoms with Gasteiger partial charge in [-0.05, 0) is 30.2 Å². The van der Waals surface area contributed by atoms with E-state index in [0.717, 1.165) is 0 Å². The maximum absolute atomic E-state index is 14.1. The van der Waals surface area contributed by atoms with Gasteiger partial charge in [-0.1, -0.05) is 35.3 Å². The Morgan fingerprint density at radius 1 is 1.07 bits per heavy atom. The summed E-state index contributed by atoms with van der Waals surface area (Å²) in [4.78, 5) is 53.3. The van der Waals surface area contributed by atoms with Gasteiger partial charge in [-0.25, -0.2) is 9.97 Å². The van der Waals surface area contributed by atoms with Crippen molar-refractivity contribution in [1.29, 1.82) is 0 Å². The maximum atomic E-state index is 14.1. The van der Waals surface area contributed by atoms with E-state index in [-0.39, 0.29) is 47.7 Å². The lowest BCUT2D eigenvalue weighted by molar-refractivity contribution is -0.137. The summed E-state index contributed by atoms with van der Waals surface area (Å²) in [5, 5.41) is 10.1. The number of pyridine rings is 1. The van der Waals surface area contributed by atoms with Crippen LogP contribution in [0.3, 0.4) is 0 Å². The zero-order valence-corrected chi connectivity index (χ0v) is 23.7. The van der Waals surface area contributed by atoms with Gasteiger partial charge in [0.25, 0.3) is 11.5 Å². The molecule has 4 heterocycles. The molecule has 1 aliphatic rings. The number of amides is 1. The summed E-state index contributed by atoms with van der Waals surface area (Å²) < 4.78 is 13.6. The molecule has 12 nitrogen and oxygen atoms in total. The Morgan fingerprint density at radius 3 is 2.46 bits per heavy atom. The minimum absolute atomic E-state index is 0.0620. The van der Waals surface area contributed by atoms with Gasteiger partial charge in [0.15, 0.2) is 5.69 Å². The summed E-state index contributed by atoms with van der Waals surface area (Å²) >= 11 is 12.5. The van der Waals surface area contributed by atoms with E-state index in [2.05, 4.69) is 9.97 Å². The van der Waals surface area contributed by atoms with Crippen LogP contribution in [-0.2, 0) is 18.4 Å². The molecule has 0 unspecified atom stereocenters. The van der Waals surface area contributed by atoms with Gasteiger partial charge in [0.1, 0.15) is 17.6 Å². The first-order chi connectivity index (χ1) is 19.6. The van der Waals surface area contributed by atoms with Crippen LogP contribution in [0.15, 0.2) is 47.5 Å². The molecule has 3 aromatic heterocycles. The second-order valence-electron chi connectivity index (χ2n) is 9.19. The molecule has 41 heavy (non-hydrogen) atoms. The minimum atomic E-state index is -0.969. The third kappa shape index (κ3) is 5.11. The third-order valence-electron chi connectivity index (χ3n) is 6.64. The number of fused-ring (bicyclic) bond motifs is 1. The number of aromatic nitrogens is 5. The molecule has 0 fully saturated rings. The Labute approximate surface area is 243 Å². The normalized spacial score (nSPS) is 14.3. The Kier molecular flexibility index (Phi) is 7.70. The van der Waals surface area contributed by atoms with Crippen molar-refractivity contribution in [3.8, 4) is 23.3 Å². The van der Waals surface area contributed by atoms with Crippen LogP contribution in [0.4, 0.5) is 5.69 Å². The summed E-state index contributed by atoms with van der Waals surface area (Å²) in [6.07, 6.45) is 3.02. The van der Waals surface area contributed by atoms with E-state index in [1.54, 1.807) is 35.9 Å². The average molecular weight is 599 g/mol. The van der Waals surface area contributed by atoms with Crippen molar-refractivity contribution in [2.45, 2.75) is 25.4 Å². The first-order valence-corrected chi connectivity index (χ1v) is 13.1. The van der Waals surface area contributed by atoms with E-state index in [1.807, 2.05) is 0 Å². The monoisotopic (exact) mass is 598 g/mol. The van der Waals surface area contributed by atoms with Crippen molar-refractivity contribution in [3.05, 3.63) is 80.1 Å². The van der Waals surface area contributed by atoms with Gasteiger partial charge in [0, 0.05) is 37.4 Å². The number of hydrogen-bond donors (Lipinski definition) is 1. The van der Waals surface area contributed by atoms with Gasteiger partial charge in [-0.2, -0.15) is 4.98 Å². The molecule has 0 bridgehead atoms. The summed E-state index contributed by atoms with van der Waals surface area (Å²) in [5.41, 5.74) is 1.17. The number of benzene rings is 1. The van der Waals surface area contributed by atoms with Crippen LogP contribution >= 0.6 is 23.2 Å². The second kappa shape index (κ2) is 11.2. The number of methoxy groups -OCH3 is 2. The maximum Gasteiger partial charge on any atom is 0.319 e. The molecule has 1 aromatic carbocycles. The fourth-order valence-corrected chi connectivity index (χ4v) is 5.23. The molecule has 1 aliphatic heterocycles. The van der Waals surface area contributed by atoms with E-state index in [9.17, 15) is 19.5 Å². The molecule has 1 amide bonds. The molecule has 5 rings (SSSR count). The largest absolute Gasteiger partial charge is 0.481 e. The van der Waals surface area contributed by atoms with Crippen LogP contribution < -0.4 is 19.9 Å². The number of hydrogen-bond acceptors (Lipinski definition) is 8. The number of aryl methyl sites for hydroxylation is 1. The number of carboxylic acid groups (broad SMARTS) is 1. The molecular weight excluding hydrogens is 575 g/mol. The van der Waals surface area contributed by atoms with E-state index >= 15 is 0 Å². The van der Waals surface area contributed by atoms with Gasteiger partial charge in [0.2, 0.25) is 5.88 Å². The van der Waals surface area contributed by atoms with E-state index in [4.69, 9.17) is 37.7 Å². The van der Waals surface area contributed by atoms with E-state index in [0.29, 0.717) is 27.7 Å². The highest BCUT2D eigenvalue weighted by molar-refractivity contribution is 6.31. The van der Waals surface area contributed by atoms with Crippen molar-refractivity contribution in [1.82, 2.24) is 24.1 Å². The number of aliphatic carboxylic acids is 1. The van der Waals surface area contributed by atoms with Crippen LogP contribution in [0.5, 0.6) is 11.9 Å². The number of rotatable bonds is 9. The number of imidazole rings is 1. The molecule has 0 saturated carbocycles. The lowest BCUT2D eigenvalue weighted by Crippen LogP contribution is -2.35. The predicted octanol–water partition coefficient (Wildman–Crippen LogP) is 3.98. The number of ether oxygens (including phenoxy) is 2. The SMILES string of the molecule is COc1ncc(-c2nc3c(n2CCCC(=O)O)[C@H](c2ccc(Cl)cc2)N(c2cc(Cl)cn(C)c2=O)C3=O)c(OC)n1. The van der Waals surface area contributed by atoms with Crippen molar-refractivity contribution in [3.63, 3.8) is 0 Å². The molecule has 1 N–H and O–H groups in total. The Morgan fingerprint density at radius 2 is 1.80 bits per heavy atom. The van der Waals surface area contributed by atoms with E-state index in [1.165, 1.54) is 42.1 Å². The van der Waals surface area contributed by atoms with Gasteiger partial charge in [0.05, 0.1) is 30.5 Å². The highest BCUT2D eigenvalue weighted by Gasteiger charge is 2.45. The highest BCUT2D eigenvalue weighted by atomic mass is 35.5. The number of halogens is 2. The zero-order chi connectivity index (χ0) is 29.4. The summed E-state index contributed by atoms with van der Waals surface area (Å²) in [5.74, 6) is -1.06. The third-order valence-corrected chi connectivity index (χ3v) is 7.10. The molecule has 0 radical (unpaired) electrons. The Balaban J connectivity index is 1.78. The average Bonchev–Trinajstić information content (AvgIpc) is 3.45. The van der Waals surface area contributed by atoms with Gasteiger partial charge >= 0.3 is 12.0 Å². The molecule has 14 heteroatoms. The Bertz CT molecular complexity index is 1720. The quantitative estimate of drug-likeness (QED) is 0.302. The topological polar surface area (TPSA) is 142 Å². The number of anilines is 1. The smallest absolute Gasteiger partial charge is 0.319 e. The standard InChI is InChI=1S/C27H24Cl2N6O6/c1-33-13-16(29)11-18(25(33)38)35-21(14-6-8-15(28)9-7-14)22-20(26(35)39)31-23(34(22)10-4-5-19(36)37)17-12-30-27(41-3)32-24(17)40-2/h6-9,11-13,21H,4-5,10H2,1-3H3,(H,36,37)/t21-/m0/s1. The van der Waals surface area contributed by atoms with Crippen LogP contribution in [0.2, 0.25) is 10.0 Å². The summed E-state index contributed by atoms with van der Waals surface area (Å²) in [7, 11) is 4.38. The molecule has 0 spiro atoms. The van der Waals surface area contributed by atoms with Crippen molar-refractivity contribution >= 4 is 40.8 Å². The minimum Gasteiger partial charge on any atom is -0.481 e. The Hall–Kier alpha value is -4.42. The molecule has 4 aromatic rings. The number of nitrogens with zero attached hydrogens (tertiary/aromatic N) is 6. The predicted molar refractivity (Wildman–Crippen MR) is 150 cm³/mol. The summed E-state index contributed by atoms with van der Waals surface area (Å²) in [6.45, 7) is 0.178. The fraction of sp³-hybridized carbons (Fsp3) is 0.259. The van der Waals surface area contributed by atoms with Gasteiger partial charge in [-0.3, -0.25) is 19.3 Å². The van der Waals surface area contributed by atoms with Crippen LogP contribution in [0.1, 0.15) is 40.6 Å². The molecule has 0 saturated heterocycles. The molecule has 0 aliphatic carbocycles. The van der Waals surface area contributed by atoms with Crippen molar-refractivity contribution in [2.24, 2.45) is 7.05 Å². The van der Waals surface area contributed by atoms with Gasteiger partial charge < -0.3 is 23.7 Å². The first-order valence-electron chi connectivity index (χ1n) is 12.4. The molecule has 1 atom stereocenters. The summed E-state index contributed by atoms with van der Waals surface area (Å²) in [6, 6.07) is 7.55. The fourth-order valence-electron chi connectivity index (χ4n) is 4.86. The van der Waals surface area contributed by atoms with E-state index < -0.39 is 23.5 Å².